The van der Waals surface area contributed by atoms with Gasteiger partial charge in [0.2, 0.25) is 0 Å². The molecule has 0 radical (unpaired) electrons. The molecule has 28 heavy (non-hydrogen) atoms. The highest BCUT2D eigenvalue weighted by molar-refractivity contribution is 9.10. The van der Waals surface area contributed by atoms with Crippen molar-refractivity contribution in [2.45, 2.75) is 37.6 Å². The number of rotatable bonds is 2. The zero-order valence-corrected chi connectivity index (χ0v) is 17.5. The molecule has 4 heteroatoms. The Morgan fingerprint density at radius 3 is 2.61 bits per heavy atom. The molecule has 1 amide bonds. The molecule has 3 aliphatic rings. The predicted molar refractivity (Wildman–Crippen MR) is 117 cm³/mol. The summed E-state index contributed by atoms with van der Waals surface area (Å²) < 4.78 is 1.11. The van der Waals surface area contributed by atoms with Gasteiger partial charge in [0, 0.05) is 34.7 Å². The van der Waals surface area contributed by atoms with Gasteiger partial charge in [0.05, 0.1) is 6.04 Å². The van der Waals surface area contributed by atoms with Crippen LogP contribution in [0.3, 0.4) is 0 Å². The fourth-order valence-corrected chi connectivity index (χ4v) is 5.27. The Kier molecular flexibility index (Phi) is 4.75. The summed E-state index contributed by atoms with van der Waals surface area (Å²) in [5, 5.41) is 3.77. The second-order valence-electron chi connectivity index (χ2n) is 8.18. The number of halogens is 1. The molecule has 3 atom stereocenters. The minimum Gasteiger partial charge on any atom is -0.378 e. The van der Waals surface area contributed by atoms with Gasteiger partial charge in [-0.05, 0) is 73.1 Å². The summed E-state index contributed by atoms with van der Waals surface area (Å²) in [5.74, 6) is 1.06. The highest BCUT2D eigenvalue weighted by Crippen LogP contribution is 2.50. The van der Waals surface area contributed by atoms with E-state index < -0.39 is 0 Å². The van der Waals surface area contributed by atoms with E-state index in [1.54, 1.807) is 0 Å². The lowest BCUT2D eigenvalue weighted by Crippen LogP contribution is -2.36. The number of nitrogens with one attached hydrogen (secondary N) is 1. The topological polar surface area (TPSA) is 32.3 Å². The van der Waals surface area contributed by atoms with Crippen LogP contribution in [0.1, 0.15) is 59.1 Å². The zero-order valence-electron chi connectivity index (χ0n) is 15.9. The second kappa shape index (κ2) is 7.40. The van der Waals surface area contributed by atoms with Crippen LogP contribution in [0.5, 0.6) is 0 Å². The van der Waals surface area contributed by atoms with E-state index in [1.165, 1.54) is 17.5 Å². The minimum atomic E-state index is 0.191. The van der Waals surface area contributed by atoms with Crippen molar-refractivity contribution < 1.29 is 4.79 Å². The Bertz CT molecular complexity index is 915. The number of nitrogens with zero attached hydrogens (tertiary/aromatic N) is 1. The molecule has 1 fully saturated rings. The second-order valence-corrected chi connectivity index (χ2v) is 9.10. The Hall–Kier alpha value is -2.07. The first-order valence-electron chi connectivity index (χ1n) is 10.3. The maximum absolute atomic E-state index is 13.0. The highest BCUT2D eigenvalue weighted by atomic mass is 79.9. The van der Waals surface area contributed by atoms with Crippen molar-refractivity contribution in [2.24, 2.45) is 5.92 Å². The lowest BCUT2D eigenvalue weighted by Gasteiger charge is -2.38. The lowest BCUT2D eigenvalue weighted by atomic mass is 9.76. The molecule has 1 N–H and O–H groups in total. The monoisotopic (exact) mass is 436 g/mol. The van der Waals surface area contributed by atoms with Gasteiger partial charge in [-0.25, -0.2) is 0 Å². The molecule has 0 saturated carbocycles. The van der Waals surface area contributed by atoms with Crippen LogP contribution in [0, 0.1) is 5.92 Å². The summed E-state index contributed by atoms with van der Waals surface area (Å²) in [6.07, 6.45) is 9.20. The molecule has 0 bridgehead atoms. The fraction of sp³-hybridized carbons (Fsp3) is 0.375. The number of benzene rings is 2. The number of hydrogen-bond acceptors (Lipinski definition) is 2. The molecule has 2 heterocycles. The summed E-state index contributed by atoms with van der Waals surface area (Å²) in [6, 6.07) is 15.2. The average molecular weight is 437 g/mol. The van der Waals surface area contributed by atoms with E-state index in [2.05, 4.69) is 69.8 Å². The quantitative estimate of drug-likeness (QED) is 0.594. The summed E-state index contributed by atoms with van der Waals surface area (Å²) >= 11 is 3.54. The smallest absolute Gasteiger partial charge is 0.253 e. The number of piperidine rings is 1. The normalized spacial score (nSPS) is 25.8. The number of allylic oxidation sites excluding steroid dienone is 2. The third-order valence-corrected chi connectivity index (χ3v) is 7.01. The van der Waals surface area contributed by atoms with E-state index in [0.717, 1.165) is 48.1 Å². The highest BCUT2D eigenvalue weighted by Gasteiger charge is 2.38. The van der Waals surface area contributed by atoms with E-state index >= 15 is 0 Å². The van der Waals surface area contributed by atoms with Crippen molar-refractivity contribution in [2.75, 3.05) is 18.4 Å². The first-order valence-corrected chi connectivity index (χ1v) is 11.1. The van der Waals surface area contributed by atoms with Gasteiger partial charge in [0.15, 0.2) is 0 Å². The molecular weight excluding hydrogens is 412 g/mol. The van der Waals surface area contributed by atoms with Gasteiger partial charge in [-0.3, -0.25) is 4.79 Å². The van der Waals surface area contributed by atoms with E-state index in [-0.39, 0.29) is 5.91 Å². The molecule has 1 saturated heterocycles. The molecule has 0 unspecified atom stereocenters. The Morgan fingerprint density at radius 2 is 1.82 bits per heavy atom. The summed E-state index contributed by atoms with van der Waals surface area (Å²) in [7, 11) is 0. The van der Waals surface area contributed by atoms with Crippen LogP contribution in [0.2, 0.25) is 0 Å². The third kappa shape index (κ3) is 3.18. The van der Waals surface area contributed by atoms with Crippen molar-refractivity contribution >= 4 is 27.5 Å². The van der Waals surface area contributed by atoms with E-state index in [9.17, 15) is 4.79 Å². The number of likely N-dealkylation sites (tertiary alicyclic amines) is 1. The lowest BCUT2D eigenvalue weighted by molar-refractivity contribution is 0.0724. The SMILES string of the molecule is O=C(c1ccc2c(c1)[C@@H]1C=CC[C@@H]1[C@H](c1ccc(Br)cc1)N2)N1CCCCC1. The molecular formula is C24H25BrN2O. The van der Waals surface area contributed by atoms with E-state index in [0.29, 0.717) is 17.9 Å². The van der Waals surface area contributed by atoms with Crippen LogP contribution >= 0.6 is 15.9 Å². The standard InChI is InChI=1S/C24H25BrN2O/c25-18-10-7-16(8-11-18)23-20-6-4-5-19(20)21-15-17(9-12-22(21)26-23)24(28)27-13-2-1-3-14-27/h4-5,7-12,15,19-20,23,26H,1-3,6,13-14H2/t19-,20+,23+/m1/s1. The van der Waals surface area contributed by atoms with Gasteiger partial charge >= 0.3 is 0 Å². The molecule has 5 rings (SSSR count). The van der Waals surface area contributed by atoms with Gasteiger partial charge in [-0.2, -0.15) is 0 Å². The fourth-order valence-electron chi connectivity index (χ4n) is 5.01. The minimum absolute atomic E-state index is 0.191. The zero-order chi connectivity index (χ0) is 19.1. The molecule has 1 aliphatic carbocycles. The number of amides is 1. The molecule has 2 aliphatic heterocycles. The van der Waals surface area contributed by atoms with Crippen molar-refractivity contribution in [1.29, 1.82) is 0 Å². The maximum Gasteiger partial charge on any atom is 0.253 e. The van der Waals surface area contributed by atoms with Crippen molar-refractivity contribution in [3.63, 3.8) is 0 Å². The van der Waals surface area contributed by atoms with Gasteiger partial charge in [0.25, 0.3) is 5.91 Å². The van der Waals surface area contributed by atoms with E-state index in [4.69, 9.17) is 0 Å². The first kappa shape index (κ1) is 18.0. The number of carbonyl (C=O) groups is 1. The molecule has 2 aromatic rings. The third-order valence-electron chi connectivity index (χ3n) is 6.48. The number of carbonyl (C=O) groups excluding carboxylic acids is 1. The van der Waals surface area contributed by atoms with Gasteiger partial charge in [-0.1, -0.05) is 40.2 Å². The van der Waals surface area contributed by atoms with Crippen molar-refractivity contribution in [3.8, 4) is 0 Å². The summed E-state index contributed by atoms with van der Waals surface area (Å²) in [4.78, 5) is 15.0. The Labute approximate surface area is 174 Å². The van der Waals surface area contributed by atoms with Crippen LogP contribution in [-0.4, -0.2) is 23.9 Å². The maximum atomic E-state index is 13.0. The Morgan fingerprint density at radius 1 is 1.04 bits per heavy atom. The summed E-state index contributed by atoms with van der Waals surface area (Å²) in [6.45, 7) is 1.79. The van der Waals surface area contributed by atoms with Crippen LogP contribution in [-0.2, 0) is 0 Å². The first-order chi connectivity index (χ1) is 13.7. The molecule has 0 aromatic heterocycles. The molecule has 144 valence electrons. The largest absolute Gasteiger partial charge is 0.378 e. The van der Waals surface area contributed by atoms with Crippen LogP contribution < -0.4 is 5.32 Å². The predicted octanol–water partition coefficient (Wildman–Crippen LogP) is 5.90. The van der Waals surface area contributed by atoms with Crippen LogP contribution in [0.15, 0.2) is 59.1 Å². The van der Waals surface area contributed by atoms with Gasteiger partial charge < -0.3 is 10.2 Å². The number of hydrogen-bond donors (Lipinski definition) is 1. The van der Waals surface area contributed by atoms with Crippen LogP contribution in [0.25, 0.3) is 0 Å². The summed E-state index contributed by atoms with van der Waals surface area (Å²) in [5.41, 5.74) is 4.59. The average Bonchev–Trinajstić information content (AvgIpc) is 3.24. The molecule has 0 spiro atoms. The van der Waals surface area contributed by atoms with E-state index in [1.807, 2.05) is 11.0 Å². The van der Waals surface area contributed by atoms with Gasteiger partial charge in [-0.15, -0.1) is 0 Å². The van der Waals surface area contributed by atoms with Crippen LogP contribution in [0.4, 0.5) is 5.69 Å². The Balaban J connectivity index is 1.47. The number of fused-ring (bicyclic) bond motifs is 3. The number of anilines is 1. The van der Waals surface area contributed by atoms with Crippen molar-refractivity contribution in [3.05, 3.63) is 75.8 Å². The molecule has 3 nitrogen and oxygen atoms in total. The van der Waals surface area contributed by atoms with Gasteiger partial charge in [0.1, 0.15) is 0 Å². The van der Waals surface area contributed by atoms with Crippen molar-refractivity contribution in [1.82, 2.24) is 4.90 Å². The molecule has 2 aromatic carbocycles.